The highest BCUT2D eigenvalue weighted by molar-refractivity contribution is 7.93. The van der Waals surface area contributed by atoms with E-state index in [0.29, 0.717) is 11.1 Å². The lowest BCUT2D eigenvalue weighted by Gasteiger charge is -2.31. The van der Waals surface area contributed by atoms with Gasteiger partial charge in [0.05, 0.1) is 0 Å². The van der Waals surface area contributed by atoms with Crippen LogP contribution in [0.3, 0.4) is 0 Å². The van der Waals surface area contributed by atoms with Crippen molar-refractivity contribution in [3.63, 3.8) is 0 Å². The molecule has 0 amide bonds. The zero-order valence-electron chi connectivity index (χ0n) is 15.3. The minimum Gasteiger partial charge on any atom is -0.212 e. The molecule has 0 aromatic heterocycles. The zero-order chi connectivity index (χ0) is 19.5. The highest BCUT2D eigenvalue weighted by Gasteiger charge is 2.45. The Morgan fingerprint density at radius 2 is 0.846 bits per heavy atom. The van der Waals surface area contributed by atoms with E-state index in [1.165, 1.54) is 28.2 Å². The van der Waals surface area contributed by atoms with Gasteiger partial charge in [0.25, 0.3) is 0 Å². The van der Waals surface area contributed by atoms with Crippen LogP contribution in [0.5, 0.6) is 0 Å². The van der Waals surface area contributed by atoms with Gasteiger partial charge in [-0.25, -0.2) is 25.4 Å². The van der Waals surface area contributed by atoms with Crippen LogP contribution in [0.25, 0.3) is 0 Å². The fraction of sp³-hybridized carbons (Fsp3) is 0.333. The third kappa shape index (κ3) is 3.98. The molecule has 2 aromatic carbocycles. The fourth-order valence-electron chi connectivity index (χ4n) is 2.75. The summed E-state index contributed by atoms with van der Waals surface area (Å²) in [6.45, 7) is 0. The monoisotopic (exact) mass is 396 g/mol. The van der Waals surface area contributed by atoms with Crippen molar-refractivity contribution in [2.45, 2.75) is 10.5 Å². The second kappa shape index (κ2) is 7.87. The Bertz CT molecular complexity index is 846. The van der Waals surface area contributed by atoms with Gasteiger partial charge >= 0.3 is 0 Å². The summed E-state index contributed by atoms with van der Waals surface area (Å²) in [5.74, 6) is 0. The molecule has 0 aliphatic heterocycles. The van der Waals surface area contributed by atoms with Gasteiger partial charge in [0.2, 0.25) is 20.0 Å². The third-order valence-corrected chi connectivity index (χ3v) is 8.77. The Labute approximate surface area is 156 Å². The third-order valence-electron chi connectivity index (χ3n) is 4.19. The molecule has 0 saturated heterocycles. The average Bonchev–Trinajstić information content (AvgIpc) is 2.60. The SMILES string of the molecule is CN(C)S(=O)(=O)[C@@H](c1ccccc1)[C@H](c1ccccc1)S(=O)(=O)N(C)C. The van der Waals surface area contributed by atoms with Crippen LogP contribution >= 0.6 is 0 Å². The maximum Gasteiger partial charge on any atom is 0.222 e. The Hall–Kier alpha value is -1.74. The Kier molecular flexibility index (Phi) is 6.23. The fourth-order valence-corrected chi connectivity index (χ4v) is 6.44. The quantitative estimate of drug-likeness (QED) is 0.719. The molecular weight excluding hydrogens is 372 g/mol. The predicted octanol–water partition coefficient (Wildman–Crippen LogP) is 2.25. The van der Waals surface area contributed by atoms with E-state index in [0.717, 1.165) is 8.61 Å². The largest absolute Gasteiger partial charge is 0.222 e. The van der Waals surface area contributed by atoms with E-state index in [1.54, 1.807) is 60.7 Å². The van der Waals surface area contributed by atoms with Gasteiger partial charge in [-0.05, 0) is 11.1 Å². The molecule has 0 heterocycles. The summed E-state index contributed by atoms with van der Waals surface area (Å²) >= 11 is 0. The Morgan fingerprint density at radius 1 is 0.577 bits per heavy atom. The van der Waals surface area contributed by atoms with E-state index in [2.05, 4.69) is 0 Å². The molecule has 0 bridgehead atoms. The molecule has 0 radical (unpaired) electrons. The standard InChI is InChI=1S/C18H24N2O4S2/c1-19(2)25(21,22)17(15-11-7-5-8-12-15)18(26(23,24)20(3)4)16-13-9-6-10-14-16/h5-14,17-18H,1-4H3/t17-,18-/m0/s1. The van der Waals surface area contributed by atoms with Gasteiger partial charge in [0.1, 0.15) is 10.5 Å². The van der Waals surface area contributed by atoms with Crippen LogP contribution in [0.1, 0.15) is 21.6 Å². The smallest absolute Gasteiger partial charge is 0.212 e. The zero-order valence-corrected chi connectivity index (χ0v) is 16.9. The van der Waals surface area contributed by atoms with Crippen molar-refractivity contribution in [2.24, 2.45) is 0 Å². The van der Waals surface area contributed by atoms with Crippen LogP contribution in [-0.2, 0) is 20.0 Å². The van der Waals surface area contributed by atoms with E-state index >= 15 is 0 Å². The Balaban J connectivity index is 2.83. The van der Waals surface area contributed by atoms with E-state index in [1.807, 2.05) is 0 Å². The molecule has 0 aliphatic rings. The predicted molar refractivity (Wildman–Crippen MR) is 104 cm³/mol. The highest BCUT2D eigenvalue weighted by Crippen LogP contribution is 2.42. The summed E-state index contributed by atoms with van der Waals surface area (Å²) in [5, 5.41) is -2.54. The lowest BCUT2D eigenvalue weighted by atomic mass is 10.0. The second-order valence-corrected chi connectivity index (χ2v) is 10.9. The molecule has 0 spiro atoms. The summed E-state index contributed by atoms with van der Waals surface area (Å²) < 4.78 is 54.8. The van der Waals surface area contributed by atoms with Crippen LogP contribution < -0.4 is 0 Å². The van der Waals surface area contributed by atoms with Gasteiger partial charge < -0.3 is 0 Å². The molecule has 6 nitrogen and oxygen atoms in total. The van der Waals surface area contributed by atoms with Crippen molar-refractivity contribution < 1.29 is 16.8 Å². The van der Waals surface area contributed by atoms with Crippen LogP contribution in [0.2, 0.25) is 0 Å². The molecule has 26 heavy (non-hydrogen) atoms. The van der Waals surface area contributed by atoms with Crippen LogP contribution in [-0.4, -0.2) is 53.6 Å². The summed E-state index contributed by atoms with van der Waals surface area (Å²) in [4.78, 5) is 0. The van der Waals surface area contributed by atoms with Crippen molar-refractivity contribution in [1.82, 2.24) is 8.61 Å². The summed E-state index contributed by atoms with van der Waals surface area (Å²) in [5.41, 5.74) is 0.862. The van der Waals surface area contributed by atoms with Gasteiger partial charge in [-0.2, -0.15) is 0 Å². The van der Waals surface area contributed by atoms with Crippen molar-refractivity contribution in [2.75, 3.05) is 28.2 Å². The molecule has 0 saturated carbocycles. The lowest BCUT2D eigenvalue weighted by molar-refractivity contribution is 0.481. The van der Waals surface area contributed by atoms with Gasteiger partial charge in [-0.1, -0.05) is 60.7 Å². The molecule has 2 aromatic rings. The summed E-state index contributed by atoms with van der Waals surface area (Å²) in [6, 6.07) is 16.9. The Morgan fingerprint density at radius 3 is 1.08 bits per heavy atom. The lowest BCUT2D eigenvalue weighted by Crippen LogP contribution is -2.38. The first-order valence-electron chi connectivity index (χ1n) is 8.02. The molecule has 0 aliphatic carbocycles. The molecular formula is C18H24N2O4S2. The molecule has 0 N–H and O–H groups in total. The number of hydrogen-bond donors (Lipinski definition) is 0. The van der Waals surface area contributed by atoms with Crippen LogP contribution in [0.4, 0.5) is 0 Å². The van der Waals surface area contributed by atoms with E-state index in [-0.39, 0.29) is 0 Å². The maximum absolute atomic E-state index is 13.2. The number of sulfonamides is 2. The number of benzene rings is 2. The first kappa shape index (κ1) is 20.6. The number of nitrogens with zero attached hydrogens (tertiary/aromatic N) is 2. The van der Waals surface area contributed by atoms with E-state index in [9.17, 15) is 16.8 Å². The minimum absolute atomic E-state index is 0.431. The van der Waals surface area contributed by atoms with Gasteiger partial charge in [-0.3, -0.25) is 0 Å². The highest BCUT2D eigenvalue weighted by atomic mass is 32.2. The molecule has 0 unspecified atom stereocenters. The molecule has 142 valence electrons. The number of hydrogen-bond acceptors (Lipinski definition) is 4. The van der Waals surface area contributed by atoms with Crippen molar-refractivity contribution in [3.8, 4) is 0 Å². The summed E-state index contributed by atoms with van der Waals surface area (Å²) in [7, 11) is -2.21. The topological polar surface area (TPSA) is 74.8 Å². The average molecular weight is 397 g/mol. The minimum atomic E-state index is -3.93. The van der Waals surface area contributed by atoms with E-state index in [4.69, 9.17) is 0 Å². The van der Waals surface area contributed by atoms with E-state index < -0.39 is 30.5 Å². The van der Waals surface area contributed by atoms with Gasteiger partial charge in [0, 0.05) is 28.2 Å². The first-order valence-corrected chi connectivity index (χ1v) is 11.0. The molecule has 2 atom stereocenters. The molecule has 8 heteroatoms. The van der Waals surface area contributed by atoms with Gasteiger partial charge in [-0.15, -0.1) is 0 Å². The van der Waals surface area contributed by atoms with Crippen molar-refractivity contribution in [3.05, 3.63) is 71.8 Å². The second-order valence-electron chi connectivity index (χ2n) is 6.32. The molecule has 2 rings (SSSR count). The first-order chi connectivity index (χ1) is 12.1. The van der Waals surface area contributed by atoms with Crippen molar-refractivity contribution in [1.29, 1.82) is 0 Å². The van der Waals surface area contributed by atoms with Gasteiger partial charge in [0.15, 0.2) is 0 Å². The van der Waals surface area contributed by atoms with Crippen LogP contribution in [0, 0.1) is 0 Å². The summed E-state index contributed by atoms with van der Waals surface area (Å²) in [6.07, 6.45) is 0. The molecule has 0 fully saturated rings. The maximum atomic E-state index is 13.2. The van der Waals surface area contributed by atoms with Crippen molar-refractivity contribution >= 4 is 20.0 Å². The number of rotatable bonds is 7. The van der Waals surface area contributed by atoms with Crippen LogP contribution in [0.15, 0.2) is 60.7 Å². The normalized spacial score (nSPS) is 15.2.